The molecule has 0 amide bonds. The van der Waals surface area contributed by atoms with Gasteiger partial charge in [0.05, 0.1) is 19.7 Å². The van der Waals surface area contributed by atoms with Crippen LogP contribution in [0, 0.1) is 0 Å². The SMILES string of the molecule is COc1cc2c(-c3ccccc3)nn(-c3nc(C(=O)O)cs3)c2cc1OC. The van der Waals surface area contributed by atoms with E-state index in [2.05, 4.69) is 4.98 Å². The molecule has 0 fully saturated rings. The summed E-state index contributed by atoms with van der Waals surface area (Å²) in [6, 6.07) is 13.4. The van der Waals surface area contributed by atoms with Crippen LogP contribution in [-0.2, 0) is 0 Å². The summed E-state index contributed by atoms with van der Waals surface area (Å²) in [6.07, 6.45) is 0. The number of hydrogen-bond acceptors (Lipinski definition) is 6. The molecule has 2 heterocycles. The lowest BCUT2D eigenvalue weighted by molar-refractivity contribution is 0.0691. The predicted molar refractivity (Wildman–Crippen MR) is 102 cm³/mol. The normalized spacial score (nSPS) is 10.9. The summed E-state index contributed by atoms with van der Waals surface area (Å²) in [5.41, 5.74) is 2.42. The molecular formula is C19H15N3O4S. The largest absolute Gasteiger partial charge is 0.493 e. The van der Waals surface area contributed by atoms with Crippen molar-refractivity contribution in [2.45, 2.75) is 0 Å². The first-order chi connectivity index (χ1) is 13.1. The highest BCUT2D eigenvalue weighted by molar-refractivity contribution is 7.12. The third-order valence-electron chi connectivity index (χ3n) is 4.12. The third kappa shape index (κ3) is 2.89. The molecule has 27 heavy (non-hydrogen) atoms. The van der Waals surface area contributed by atoms with E-state index in [1.54, 1.807) is 18.9 Å². The zero-order valence-corrected chi connectivity index (χ0v) is 15.4. The van der Waals surface area contributed by atoms with Gasteiger partial charge in [0.1, 0.15) is 5.69 Å². The molecule has 4 rings (SSSR count). The van der Waals surface area contributed by atoms with Gasteiger partial charge >= 0.3 is 5.97 Å². The first-order valence-corrected chi connectivity index (χ1v) is 8.89. The molecule has 0 radical (unpaired) electrons. The quantitative estimate of drug-likeness (QED) is 0.565. The Kier molecular flexibility index (Phi) is 4.25. The summed E-state index contributed by atoms with van der Waals surface area (Å²) in [5.74, 6) is 0.0735. The van der Waals surface area contributed by atoms with Crippen molar-refractivity contribution in [3.05, 3.63) is 53.5 Å². The van der Waals surface area contributed by atoms with Crippen molar-refractivity contribution in [3.8, 4) is 27.9 Å². The molecule has 7 nitrogen and oxygen atoms in total. The summed E-state index contributed by atoms with van der Waals surface area (Å²) in [6.45, 7) is 0. The lowest BCUT2D eigenvalue weighted by atomic mass is 10.1. The Morgan fingerprint density at radius 2 is 1.81 bits per heavy atom. The smallest absolute Gasteiger partial charge is 0.355 e. The Labute approximate surface area is 158 Å². The molecule has 0 spiro atoms. The minimum atomic E-state index is -1.07. The number of aromatic nitrogens is 3. The number of benzene rings is 2. The van der Waals surface area contributed by atoms with E-state index in [4.69, 9.17) is 19.7 Å². The van der Waals surface area contributed by atoms with Gasteiger partial charge < -0.3 is 14.6 Å². The lowest BCUT2D eigenvalue weighted by Gasteiger charge is -2.08. The van der Waals surface area contributed by atoms with Crippen molar-refractivity contribution in [1.29, 1.82) is 0 Å². The molecule has 0 unspecified atom stereocenters. The molecule has 1 N–H and O–H groups in total. The lowest BCUT2D eigenvalue weighted by Crippen LogP contribution is -2.00. The van der Waals surface area contributed by atoms with Crippen LogP contribution in [0.25, 0.3) is 27.3 Å². The highest BCUT2D eigenvalue weighted by Gasteiger charge is 2.20. The molecule has 0 saturated carbocycles. The van der Waals surface area contributed by atoms with Crippen LogP contribution in [0.15, 0.2) is 47.8 Å². The van der Waals surface area contributed by atoms with E-state index in [1.165, 1.54) is 16.7 Å². The van der Waals surface area contributed by atoms with E-state index in [1.807, 2.05) is 42.5 Å². The van der Waals surface area contributed by atoms with Gasteiger partial charge in [0.15, 0.2) is 17.2 Å². The maximum atomic E-state index is 11.2. The second kappa shape index (κ2) is 6.73. The molecule has 2 aromatic heterocycles. The average Bonchev–Trinajstić information content (AvgIpc) is 3.32. The van der Waals surface area contributed by atoms with Crippen molar-refractivity contribution in [3.63, 3.8) is 0 Å². The number of methoxy groups -OCH3 is 2. The van der Waals surface area contributed by atoms with Crippen LogP contribution >= 0.6 is 11.3 Å². The van der Waals surface area contributed by atoms with Crippen LogP contribution in [0.1, 0.15) is 10.5 Å². The number of aromatic carboxylic acids is 1. The van der Waals surface area contributed by atoms with Crippen LogP contribution < -0.4 is 9.47 Å². The van der Waals surface area contributed by atoms with Crippen molar-refractivity contribution in [2.75, 3.05) is 14.2 Å². The fraction of sp³-hybridized carbons (Fsp3) is 0.105. The van der Waals surface area contributed by atoms with Gasteiger partial charge in [0.2, 0.25) is 5.13 Å². The van der Waals surface area contributed by atoms with E-state index in [9.17, 15) is 4.79 Å². The topological polar surface area (TPSA) is 86.5 Å². The number of hydrogen-bond donors (Lipinski definition) is 1. The number of fused-ring (bicyclic) bond motifs is 1. The fourth-order valence-electron chi connectivity index (χ4n) is 2.86. The Hall–Kier alpha value is -3.39. The summed E-state index contributed by atoms with van der Waals surface area (Å²) in [5, 5.41) is 16.7. The summed E-state index contributed by atoms with van der Waals surface area (Å²) >= 11 is 1.21. The molecule has 0 bridgehead atoms. The molecule has 136 valence electrons. The molecule has 2 aromatic carbocycles. The minimum Gasteiger partial charge on any atom is -0.493 e. The summed E-state index contributed by atoms with van der Waals surface area (Å²) in [7, 11) is 3.14. The number of carboxylic acids is 1. The van der Waals surface area contributed by atoms with Gasteiger partial charge in [-0.25, -0.2) is 14.5 Å². The average molecular weight is 381 g/mol. The number of thiazole rings is 1. The van der Waals surface area contributed by atoms with Gasteiger partial charge in [-0.1, -0.05) is 30.3 Å². The number of carboxylic acid groups (broad SMARTS) is 1. The molecule has 0 aliphatic carbocycles. The van der Waals surface area contributed by atoms with Crippen molar-refractivity contribution >= 4 is 28.2 Å². The molecule has 0 atom stereocenters. The van der Waals surface area contributed by atoms with Gasteiger partial charge in [0, 0.05) is 22.4 Å². The monoisotopic (exact) mass is 381 g/mol. The van der Waals surface area contributed by atoms with Crippen molar-refractivity contribution in [1.82, 2.24) is 14.8 Å². The number of rotatable bonds is 5. The summed E-state index contributed by atoms with van der Waals surface area (Å²) in [4.78, 5) is 15.4. The van der Waals surface area contributed by atoms with Gasteiger partial charge in [-0.05, 0) is 6.07 Å². The van der Waals surface area contributed by atoms with E-state index in [0.717, 1.165) is 22.2 Å². The predicted octanol–water partition coefficient (Wildman–Crippen LogP) is 3.86. The van der Waals surface area contributed by atoms with E-state index in [0.29, 0.717) is 16.6 Å². The highest BCUT2D eigenvalue weighted by Crippen LogP contribution is 2.38. The van der Waals surface area contributed by atoms with Crippen LogP contribution in [0.4, 0.5) is 0 Å². The van der Waals surface area contributed by atoms with E-state index < -0.39 is 5.97 Å². The first kappa shape index (κ1) is 17.0. The third-order valence-corrected chi connectivity index (χ3v) is 4.94. The van der Waals surface area contributed by atoms with Gasteiger partial charge in [-0.3, -0.25) is 0 Å². The van der Waals surface area contributed by atoms with Crippen LogP contribution in [0.2, 0.25) is 0 Å². The fourth-order valence-corrected chi connectivity index (χ4v) is 3.62. The minimum absolute atomic E-state index is 0.0135. The zero-order chi connectivity index (χ0) is 19.0. The van der Waals surface area contributed by atoms with Crippen molar-refractivity contribution < 1.29 is 19.4 Å². The second-order valence-corrected chi connectivity index (χ2v) is 6.51. The van der Waals surface area contributed by atoms with Crippen LogP contribution in [0.5, 0.6) is 11.5 Å². The van der Waals surface area contributed by atoms with Gasteiger partial charge in [-0.2, -0.15) is 5.10 Å². The number of nitrogens with zero attached hydrogens (tertiary/aromatic N) is 3. The molecular weight excluding hydrogens is 366 g/mol. The van der Waals surface area contributed by atoms with Crippen LogP contribution in [-0.4, -0.2) is 40.1 Å². The zero-order valence-electron chi connectivity index (χ0n) is 14.5. The Morgan fingerprint density at radius 3 is 2.44 bits per heavy atom. The number of carbonyl (C=O) groups is 1. The first-order valence-electron chi connectivity index (χ1n) is 8.01. The van der Waals surface area contributed by atoms with E-state index >= 15 is 0 Å². The molecule has 0 saturated heterocycles. The molecule has 4 aromatic rings. The Bertz CT molecular complexity index is 1130. The Balaban J connectivity index is 2.01. The van der Waals surface area contributed by atoms with Gasteiger partial charge in [0.25, 0.3) is 0 Å². The number of ether oxygens (including phenoxy) is 2. The molecule has 0 aliphatic heterocycles. The maximum absolute atomic E-state index is 11.2. The maximum Gasteiger partial charge on any atom is 0.355 e. The molecule has 0 aliphatic rings. The highest BCUT2D eigenvalue weighted by atomic mass is 32.1. The van der Waals surface area contributed by atoms with E-state index in [-0.39, 0.29) is 5.69 Å². The standard InChI is InChI=1S/C19H15N3O4S/c1-25-15-8-12-14(9-16(15)26-2)22(19-20-13(10-27-19)18(23)24)21-17(12)11-6-4-3-5-7-11/h3-10H,1-2H3,(H,23,24). The second-order valence-electron chi connectivity index (χ2n) is 5.67. The molecule has 8 heteroatoms. The van der Waals surface area contributed by atoms with Crippen molar-refractivity contribution in [2.24, 2.45) is 0 Å². The van der Waals surface area contributed by atoms with Gasteiger partial charge in [-0.15, -0.1) is 11.3 Å². The van der Waals surface area contributed by atoms with Crippen LogP contribution in [0.3, 0.4) is 0 Å². The summed E-state index contributed by atoms with van der Waals surface area (Å²) < 4.78 is 12.5. The Morgan fingerprint density at radius 1 is 1.11 bits per heavy atom.